The van der Waals surface area contributed by atoms with E-state index in [2.05, 4.69) is 23.4 Å². The first-order valence-electron chi connectivity index (χ1n) is 6.96. The minimum Gasteiger partial charge on any atom is -0.464 e. The molecule has 0 aliphatic heterocycles. The summed E-state index contributed by atoms with van der Waals surface area (Å²) in [5.41, 5.74) is 6.40. The number of nitrogens with zero attached hydrogens (tertiary/aromatic N) is 2. The maximum atomic E-state index is 11.7. The van der Waals surface area contributed by atoms with Crippen LogP contribution in [-0.2, 0) is 11.2 Å². The van der Waals surface area contributed by atoms with Crippen molar-refractivity contribution in [3.63, 3.8) is 0 Å². The molecule has 0 bridgehead atoms. The first-order chi connectivity index (χ1) is 9.01. The molecule has 2 rings (SSSR count). The molecule has 0 radical (unpaired) electrons. The number of carbonyl (C=O) groups excluding carboxylic acids is 1. The van der Waals surface area contributed by atoms with E-state index in [4.69, 9.17) is 10.5 Å². The van der Waals surface area contributed by atoms with Gasteiger partial charge in [0.25, 0.3) is 0 Å². The maximum absolute atomic E-state index is 11.7. The number of ether oxygens (including phenoxy) is 1. The van der Waals surface area contributed by atoms with Gasteiger partial charge in [0, 0.05) is 12.5 Å². The van der Waals surface area contributed by atoms with Crippen molar-refractivity contribution in [1.29, 1.82) is 0 Å². The lowest BCUT2D eigenvalue weighted by Gasteiger charge is -2.22. The third-order valence-electron chi connectivity index (χ3n) is 4.47. The molecule has 106 valence electrons. The van der Waals surface area contributed by atoms with Crippen molar-refractivity contribution in [3.8, 4) is 0 Å². The average Bonchev–Trinajstić information content (AvgIpc) is 2.90. The van der Waals surface area contributed by atoms with E-state index in [-0.39, 0.29) is 5.69 Å². The normalized spacial score (nSPS) is 26.6. The average molecular weight is 265 g/mol. The molecule has 0 saturated heterocycles. The molecule has 1 aromatic heterocycles. The summed E-state index contributed by atoms with van der Waals surface area (Å²) in [6.45, 7) is 6.55. The van der Waals surface area contributed by atoms with Gasteiger partial charge in [-0.25, -0.2) is 9.78 Å². The predicted molar refractivity (Wildman–Crippen MR) is 74.0 cm³/mol. The van der Waals surface area contributed by atoms with E-state index in [0.29, 0.717) is 23.7 Å². The summed E-state index contributed by atoms with van der Waals surface area (Å²) >= 11 is 0. The molecule has 1 aliphatic rings. The zero-order valence-electron chi connectivity index (χ0n) is 12.1. The predicted octanol–water partition coefficient (Wildman–Crippen LogP) is 2.42. The fraction of sp³-hybridized carbons (Fsp3) is 0.714. The number of methoxy groups -OCH3 is 1. The van der Waals surface area contributed by atoms with Gasteiger partial charge in [-0.05, 0) is 24.7 Å². The van der Waals surface area contributed by atoms with E-state index < -0.39 is 5.97 Å². The molecule has 3 atom stereocenters. The quantitative estimate of drug-likeness (QED) is 0.852. The number of aromatic nitrogens is 2. The van der Waals surface area contributed by atoms with Crippen LogP contribution >= 0.6 is 0 Å². The fourth-order valence-corrected chi connectivity index (χ4v) is 3.06. The Hall–Kier alpha value is -1.52. The van der Waals surface area contributed by atoms with E-state index >= 15 is 0 Å². The van der Waals surface area contributed by atoms with Gasteiger partial charge in [0.2, 0.25) is 0 Å². The van der Waals surface area contributed by atoms with Gasteiger partial charge in [0.1, 0.15) is 11.6 Å². The van der Waals surface area contributed by atoms with Crippen LogP contribution in [0.25, 0.3) is 0 Å². The number of nitrogen functional groups attached to an aromatic ring is 1. The number of hydrogen-bond donors (Lipinski definition) is 1. The molecule has 1 fully saturated rings. The van der Waals surface area contributed by atoms with Crippen LogP contribution in [0.1, 0.15) is 56.0 Å². The largest absolute Gasteiger partial charge is 0.464 e. The van der Waals surface area contributed by atoms with E-state index in [1.54, 1.807) is 0 Å². The number of aryl methyl sites for hydroxylation is 1. The minimum absolute atomic E-state index is 0.256. The molecule has 5 nitrogen and oxygen atoms in total. The Morgan fingerprint density at radius 3 is 2.63 bits per heavy atom. The zero-order chi connectivity index (χ0) is 14.2. The number of hydrogen-bond acceptors (Lipinski definition) is 4. The molecular formula is C14H23N3O2. The van der Waals surface area contributed by atoms with Gasteiger partial charge in [-0.3, -0.25) is 0 Å². The molecule has 5 heteroatoms. The summed E-state index contributed by atoms with van der Waals surface area (Å²) in [5.74, 6) is 2.11. The van der Waals surface area contributed by atoms with E-state index in [0.717, 1.165) is 18.7 Å². The molecule has 1 saturated carbocycles. The Labute approximate surface area is 114 Å². The molecular weight excluding hydrogens is 242 g/mol. The first-order valence-corrected chi connectivity index (χ1v) is 6.96. The van der Waals surface area contributed by atoms with Crippen molar-refractivity contribution in [2.24, 2.45) is 11.8 Å². The summed E-state index contributed by atoms with van der Waals surface area (Å²) in [5, 5.41) is 0. The highest BCUT2D eigenvalue weighted by molar-refractivity contribution is 5.92. The Kier molecular flexibility index (Phi) is 3.83. The van der Waals surface area contributed by atoms with Gasteiger partial charge in [0.05, 0.1) is 7.11 Å². The first kappa shape index (κ1) is 13.9. The van der Waals surface area contributed by atoms with Crippen LogP contribution in [-0.4, -0.2) is 22.6 Å². The summed E-state index contributed by atoms with van der Waals surface area (Å²) in [6.07, 6.45) is 3.05. The maximum Gasteiger partial charge on any atom is 0.360 e. The van der Waals surface area contributed by atoms with Crippen molar-refractivity contribution < 1.29 is 9.53 Å². The third kappa shape index (κ3) is 2.22. The summed E-state index contributed by atoms with van der Waals surface area (Å²) < 4.78 is 6.80. The minimum atomic E-state index is -0.454. The lowest BCUT2D eigenvalue weighted by Crippen LogP contribution is -2.19. The highest BCUT2D eigenvalue weighted by Crippen LogP contribution is 2.42. The molecule has 3 unspecified atom stereocenters. The Morgan fingerprint density at radius 2 is 2.16 bits per heavy atom. The number of rotatable bonds is 3. The summed E-state index contributed by atoms with van der Waals surface area (Å²) in [4.78, 5) is 16.1. The van der Waals surface area contributed by atoms with Gasteiger partial charge < -0.3 is 15.0 Å². The lowest BCUT2D eigenvalue weighted by molar-refractivity contribution is 0.0595. The molecule has 1 aromatic rings. The van der Waals surface area contributed by atoms with Crippen molar-refractivity contribution in [2.75, 3.05) is 12.8 Å². The van der Waals surface area contributed by atoms with E-state index in [9.17, 15) is 4.79 Å². The van der Waals surface area contributed by atoms with Gasteiger partial charge in [-0.2, -0.15) is 0 Å². The number of nitrogens with two attached hydrogens (primary N) is 1. The Morgan fingerprint density at radius 1 is 1.47 bits per heavy atom. The van der Waals surface area contributed by atoms with E-state index in [1.807, 2.05) is 6.92 Å². The molecule has 19 heavy (non-hydrogen) atoms. The number of imidazole rings is 1. The van der Waals surface area contributed by atoms with Crippen molar-refractivity contribution in [2.45, 2.75) is 46.1 Å². The van der Waals surface area contributed by atoms with Gasteiger partial charge in [-0.15, -0.1) is 0 Å². The van der Waals surface area contributed by atoms with E-state index in [1.165, 1.54) is 13.5 Å². The monoisotopic (exact) mass is 265 g/mol. The van der Waals surface area contributed by atoms with Gasteiger partial charge in [0.15, 0.2) is 5.69 Å². The van der Waals surface area contributed by atoms with Crippen LogP contribution < -0.4 is 5.73 Å². The van der Waals surface area contributed by atoms with Gasteiger partial charge in [-0.1, -0.05) is 20.8 Å². The summed E-state index contributed by atoms with van der Waals surface area (Å²) in [7, 11) is 1.35. The second-order valence-electron chi connectivity index (χ2n) is 5.46. The van der Waals surface area contributed by atoms with Crippen LogP contribution in [0, 0.1) is 11.8 Å². The third-order valence-corrected chi connectivity index (χ3v) is 4.47. The molecule has 1 heterocycles. The Bertz CT molecular complexity index is 481. The molecule has 0 amide bonds. The molecule has 0 spiro atoms. The number of esters is 1. The molecule has 0 aromatic carbocycles. The topological polar surface area (TPSA) is 70.1 Å². The SMILES string of the molecule is CCc1nc(C(=O)OC)c(N)n1C1CCC(C)C1C. The Balaban J connectivity index is 2.45. The second-order valence-corrected chi connectivity index (χ2v) is 5.46. The summed E-state index contributed by atoms with van der Waals surface area (Å²) in [6, 6.07) is 0.343. The van der Waals surface area contributed by atoms with Crippen molar-refractivity contribution >= 4 is 11.8 Å². The lowest BCUT2D eigenvalue weighted by atomic mass is 9.97. The molecule has 2 N–H and O–H groups in total. The van der Waals surface area contributed by atoms with Crippen LogP contribution in [0.2, 0.25) is 0 Å². The van der Waals surface area contributed by atoms with Crippen molar-refractivity contribution in [1.82, 2.24) is 9.55 Å². The zero-order valence-corrected chi connectivity index (χ0v) is 12.1. The smallest absolute Gasteiger partial charge is 0.360 e. The van der Waals surface area contributed by atoms with Crippen molar-refractivity contribution in [3.05, 3.63) is 11.5 Å². The van der Waals surface area contributed by atoms with Gasteiger partial charge >= 0.3 is 5.97 Å². The standard InChI is InChI=1S/C14H23N3O2/c1-5-11-16-12(14(18)19-4)13(15)17(11)10-7-6-8(2)9(10)3/h8-10H,5-7,15H2,1-4H3. The highest BCUT2D eigenvalue weighted by atomic mass is 16.5. The second kappa shape index (κ2) is 5.23. The highest BCUT2D eigenvalue weighted by Gasteiger charge is 2.34. The van der Waals surface area contributed by atoms with Crippen LogP contribution in [0.5, 0.6) is 0 Å². The fourth-order valence-electron chi connectivity index (χ4n) is 3.06. The van der Waals surface area contributed by atoms with Crippen LogP contribution in [0.15, 0.2) is 0 Å². The number of carbonyl (C=O) groups is 1. The number of anilines is 1. The van der Waals surface area contributed by atoms with Crippen LogP contribution in [0.4, 0.5) is 5.82 Å². The molecule has 1 aliphatic carbocycles. The van der Waals surface area contributed by atoms with Crippen LogP contribution in [0.3, 0.4) is 0 Å².